The van der Waals surface area contributed by atoms with Gasteiger partial charge in [0.1, 0.15) is 5.78 Å². The summed E-state index contributed by atoms with van der Waals surface area (Å²) in [5.41, 5.74) is 4.44. The molecule has 2 unspecified atom stereocenters. The highest BCUT2D eigenvalue weighted by Crippen LogP contribution is 2.27. The van der Waals surface area contributed by atoms with E-state index < -0.39 is 0 Å². The topological polar surface area (TPSA) is 52.7 Å². The summed E-state index contributed by atoms with van der Waals surface area (Å²) in [6.07, 6.45) is 11.1. The summed E-state index contributed by atoms with van der Waals surface area (Å²) in [5, 5.41) is 0. The summed E-state index contributed by atoms with van der Waals surface area (Å²) >= 11 is 0. The Hall–Kier alpha value is -3.47. The molecule has 0 bridgehead atoms. The number of aromatic nitrogens is 4. The summed E-state index contributed by atoms with van der Waals surface area (Å²) in [6.45, 7) is 5.51. The van der Waals surface area contributed by atoms with Gasteiger partial charge in [0.15, 0.2) is 0 Å². The van der Waals surface area contributed by atoms with Crippen LogP contribution in [0.1, 0.15) is 47.9 Å². The predicted octanol–water partition coefficient (Wildman–Crippen LogP) is 4.65. The Morgan fingerprint density at radius 3 is 1.67 bits per heavy atom. The molecule has 0 aliphatic heterocycles. The number of ketones is 1. The van der Waals surface area contributed by atoms with Gasteiger partial charge in [0.05, 0.1) is 12.7 Å². The van der Waals surface area contributed by atoms with Crippen molar-refractivity contribution in [2.24, 2.45) is 0 Å². The highest BCUT2D eigenvalue weighted by Gasteiger charge is 2.23. The van der Waals surface area contributed by atoms with Gasteiger partial charge >= 0.3 is 0 Å². The van der Waals surface area contributed by atoms with Gasteiger partial charge in [0.2, 0.25) is 0 Å². The predicted molar refractivity (Wildman–Crippen MR) is 117 cm³/mol. The molecular weight excluding hydrogens is 372 g/mol. The first kappa shape index (κ1) is 19.8. The molecular formula is C25H26N4O. The molecule has 2 aromatic heterocycles. The molecule has 5 heteroatoms. The van der Waals surface area contributed by atoms with E-state index in [9.17, 15) is 4.79 Å². The molecule has 0 fully saturated rings. The van der Waals surface area contributed by atoms with Crippen LogP contribution >= 0.6 is 0 Å². The van der Waals surface area contributed by atoms with Gasteiger partial charge in [0.25, 0.3) is 0 Å². The third kappa shape index (κ3) is 4.57. The van der Waals surface area contributed by atoms with E-state index in [-0.39, 0.29) is 17.6 Å². The fourth-order valence-corrected chi connectivity index (χ4v) is 3.81. The van der Waals surface area contributed by atoms with Crippen molar-refractivity contribution in [1.29, 1.82) is 0 Å². The maximum absolute atomic E-state index is 13.3. The Morgan fingerprint density at radius 1 is 0.800 bits per heavy atom. The minimum absolute atomic E-state index is 0.167. The zero-order chi connectivity index (χ0) is 20.9. The van der Waals surface area contributed by atoms with E-state index in [1.807, 2.05) is 59.6 Å². The molecule has 30 heavy (non-hydrogen) atoms. The average Bonchev–Trinajstić information content (AvgIpc) is 3.47. The third-order valence-corrected chi connectivity index (χ3v) is 5.60. The monoisotopic (exact) mass is 398 g/mol. The standard InChI is InChI=1S/C25H26N4O/c1-19(23-7-3-5-21(13-23)15-28-11-9-26-17-28)25(30)20(2)24-8-4-6-22(14-24)16-29-12-10-27-18-29/h3-14,17-20H,15-16H2,1-2H3. The molecule has 0 saturated carbocycles. The molecule has 0 aliphatic rings. The van der Waals surface area contributed by atoms with Crippen LogP contribution < -0.4 is 0 Å². The smallest absolute Gasteiger partial charge is 0.147 e. The van der Waals surface area contributed by atoms with Crippen molar-refractivity contribution in [3.63, 3.8) is 0 Å². The van der Waals surface area contributed by atoms with Crippen molar-refractivity contribution in [3.8, 4) is 0 Å². The number of carbonyl (C=O) groups is 1. The van der Waals surface area contributed by atoms with Crippen molar-refractivity contribution in [2.75, 3.05) is 0 Å². The molecule has 2 heterocycles. The number of rotatable bonds is 8. The average molecular weight is 399 g/mol. The van der Waals surface area contributed by atoms with E-state index in [2.05, 4.69) is 34.2 Å². The van der Waals surface area contributed by atoms with E-state index in [1.54, 1.807) is 25.0 Å². The maximum atomic E-state index is 13.3. The van der Waals surface area contributed by atoms with Crippen molar-refractivity contribution in [1.82, 2.24) is 19.1 Å². The van der Waals surface area contributed by atoms with Crippen LogP contribution in [0.25, 0.3) is 0 Å². The minimum Gasteiger partial charge on any atom is -0.333 e. The first-order valence-electron chi connectivity index (χ1n) is 10.2. The zero-order valence-corrected chi connectivity index (χ0v) is 17.3. The van der Waals surface area contributed by atoms with Crippen molar-refractivity contribution < 1.29 is 4.79 Å². The number of benzene rings is 2. The van der Waals surface area contributed by atoms with Gasteiger partial charge in [-0.1, -0.05) is 62.4 Å². The van der Waals surface area contributed by atoms with Crippen LogP contribution in [-0.4, -0.2) is 24.9 Å². The number of Topliss-reactive ketones (excluding diaryl/α,β-unsaturated/α-hetero) is 1. The van der Waals surface area contributed by atoms with Gasteiger partial charge in [-0.15, -0.1) is 0 Å². The number of hydrogen-bond donors (Lipinski definition) is 0. The minimum atomic E-state index is -0.167. The zero-order valence-electron chi connectivity index (χ0n) is 17.3. The molecule has 2 atom stereocenters. The first-order valence-corrected chi connectivity index (χ1v) is 10.2. The summed E-state index contributed by atoms with van der Waals surface area (Å²) in [6, 6.07) is 16.6. The fourth-order valence-electron chi connectivity index (χ4n) is 3.81. The van der Waals surface area contributed by atoms with Gasteiger partial charge in [-0.3, -0.25) is 4.79 Å². The summed E-state index contributed by atoms with van der Waals surface area (Å²) in [4.78, 5) is 21.5. The van der Waals surface area contributed by atoms with E-state index in [0.29, 0.717) is 0 Å². The lowest BCUT2D eigenvalue weighted by atomic mass is 9.85. The van der Waals surface area contributed by atoms with Crippen LogP contribution in [0.15, 0.2) is 86.0 Å². The largest absolute Gasteiger partial charge is 0.333 e. The van der Waals surface area contributed by atoms with Crippen molar-refractivity contribution in [3.05, 3.63) is 108 Å². The third-order valence-electron chi connectivity index (χ3n) is 5.60. The van der Waals surface area contributed by atoms with Gasteiger partial charge in [-0.2, -0.15) is 0 Å². The van der Waals surface area contributed by atoms with Crippen LogP contribution in [0.4, 0.5) is 0 Å². The lowest BCUT2D eigenvalue weighted by molar-refractivity contribution is -0.121. The highest BCUT2D eigenvalue weighted by molar-refractivity contribution is 5.91. The van der Waals surface area contributed by atoms with Crippen LogP contribution in [0.2, 0.25) is 0 Å². The van der Waals surface area contributed by atoms with Crippen molar-refractivity contribution in [2.45, 2.75) is 38.8 Å². The molecule has 0 N–H and O–H groups in total. The Bertz CT molecular complexity index is 1010. The second-order valence-electron chi connectivity index (χ2n) is 7.81. The van der Waals surface area contributed by atoms with Crippen LogP contribution in [0.5, 0.6) is 0 Å². The Labute approximate surface area is 177 Å². The SMILES string of the molecule is CC(C(=O)C(C)c1cccc(Cn2ccnc2)c1)c1cccc(Cn2ccnc2)c1. The summed E-state index contributed by atoms with van der Waals surface area (Å²) in [7, 11) is 0. The molecule has 0 saturated heterocycles. The maximum Gasteiger partial charge on any atom is 0.147 e. The molecule has 4 aromatic rings. The van der Waals surface area contributed by atoms with Gasteiger partial charge < -0.3 is 9.13 Å². The lowest BCUT2D eigenvalue weighted by Crippen LogP contribution is -2.17. The van der Waals surface area contributed by atoms with Crippen LogP contribution in [0.3, 0.4) is 0 Å². The molecule has 4 rings (SSSR count). The number of imidazole rings is 2. The van der Waals surface area contributed by atoms with Gasteiger partial charge in [0, 0.05) is 49.7 Å². The molecule has 0 spiro atoms. The van der Waals surface area contributed by atoms with Gasteiger partial charge in [-0.05, 0) is 22.3 Å². The van der Waals surface area contributed by atoms with E-state index in [1.165, 1.54) is 11.1 Å². The molecule has 5 nitrogen and oxygen atoms in total. The molecule has 152 valence electrons. The fraction of sp³-hybridized carbons (Fsp3) is 0.240. The quantitative estimate of drug-likeness (QED) is 0.434. The lowest BCUT2D eigenvalue weighted by Gasteiger charge is -2.18. The highest BCUT2D eigenvalue weighted by atomic mass is 16.1. The second kappa shape index (κ2) is 8.91. The summed E-state index contributed by atoms with van der Waals surface area (Å²) < 4.78 is 4.06. The molecule has 0 amide bonds. The van der Waals surface area contributed by atoms with Gasteiger partial charge in [-0.25, -0.2) is 9.97 Å². The van der Waals surface area contributed by atoms with Crippen LogP contribution in [0, 0.1) is 0 Å². The first-order chi connectivity index (χ1) is 14.6. The Balaban J connectivity index is 1.48. The van der Waals surface area contributed by atoms with Crippen molar-refractivity contribution >= 4 is 5.78 Å². The Kier molecular flexibility index (Phi) is 5.89. The number of hydrogen-bond acceptors (Lipinski definition) is 3. The number of nitrogens with zero attached hydrogens (tertiary/aromatic N) is 4. The Morgan fingerprint density at radius 2 is 1.27 bits per heavy atom. The normalized spacial score (nSPS) is 13.1. The second-order valence-corrected chi connectivity index (χ2v) is 7.81. The van der Waals surface area contributed by atoms with E-state index >= 15 is 0 Å². The van der Waals surface area contributed by atoms with Crippen LogP contribution in [-0.2, 0) is 17.9 Å². The molecule has 0 radical (unpaired) electrons. The molecule has 2 aromatic carbocycles. The van der Waals surface area contributed by atoms with E-state index in [0.717, 1.165) is 24.2 Å². The van der Waals surface area contributed by atoms with E-state index in [4.69, 9.17) is 0 Å². The summed E-state index contributed by atoms with van der Waals surface area (Å²) in [5.74, 6) is -0.102. The number of carbonyl (C=O) groups excluding carboxylic acids is 1. The molecule has 0 aliphatic carbocycles.